The zero-order valence-electron chi connectivity index (χ0n) is 14.7. The van der Waals surface area contributed by atoms with Crippen LogP contribution < -0.4 is 4.74 Å². The highest BCUT2D eigenvalue weighted by Gasteiger charge is 2.16. The van der Waals surface area contributed by atoms with Crippen molar-refractivity contribution in [3.63, 3.8) is 0 Å². The third-order valence-corrected chi connectivity index (χ3v) is 3.69. The topological polar surface area (TPSA) is 32.7 Å². The van der Waals surface area contributed by atoms with E-state index in [-0.39, 0.29) is 6.61 Å². The number of halogens is 2. The lowest BCUT2D eigenvalue weighted by molar-refractivity contribution is 0.0611. The van der Waals surface area contributed by atoms with Crippen molar-refractivity contribution in [3.05, 3.63) is 65.7 Å². The standard InChI is InChI=1S/C20H25F2NO2/c1-15(2)11-23(12-16-8-9-17(21)10-20(16)22)13-18(24)14-25-19-6-4-3-5-7-19/h3-10,15,18,24H,11-14H2,1-2H3. The molecule has 0 amide bonds. The van der Waals surface area contributed by atoms with Gasteiger partial charge in [0.1, 0.15) is 30.1 Å². The molecule has 0 spiro atoms. The van der Waals surface area contributed by atoms with Crippen molar-refractivity contribution < 1.29 is 18.6 Å². The number of aliphatic hydroxyl groups excluding tert-OH is 1. The maximum absolute atomic E-state index is 13.9. The van der Waals surface area contributed by atoms with Crippen molar-refractivity contribution in [3.8, 4) is 5.75 Å². The van der Waals surface area contributed by atoms with Crippen molar-refractivity contribution >= 4 is 0 Å². The second-order valence-electron chi connectivity index (χ2n) is 6.60. The highest BCUT2D eigenvalue weighted by Crippen LogP contribution is 2.14. The number of benzene rings is 2. The lowest BCUT2D eigenvalue weighted by Gasteiger charge is -2.27. The average Bonchev–Trinajstić information content (AvgIpc) is 2.56. The van der Waals surface area contributed by atoms with Gasteiger partial charge in [-0.3, -0.25) is 4.90 Å². The first-order chi connectivity index (χ1) is 11.9. The van der Waals surface area contributed by atoms with Gasteiger partial charge in [-0.05, 0) is 24.1 Å². The molecule has 0 saturated carbocycles. The molecular formula is C20H25F2NO2. The van der Waals surface area contributed by atoms with Gasteiger partial charge >= 0.3 is 0 Å². The number of hydrogen-bond acceptors (Lipinski definition) is 3. The molecule has 0 fully saturated rings. The third-order valence-electron chi connectivity index (χ3n) is 3.69. The minimum Gasteiger partial charge on any atom is -0.491 e. The number of nitrogens with zero attached hydrogens (tertiary/aromatic N) is 1. The van der Waals surface area contributed by atoms with E-state index in [1.54, 1.807) is 0 Å². The Bertz CT molecular complexity index is 649. The monoisotopic (exact) mass is 349 g/mol. The second-order valence-corrected chi connectivity index (χ2v) is 6.60. The fraction of sp³-hybridized carbons (Fsp3) is 0.400. The van der Waals surface area contributed by atoms with Crippen LogP contribution in [0.3, 0.4) is 0 Å². The molecule has 1 N–H and O–H groups in total. The normalized spacial score (nSPS) is 12.6. The van der Waals surface area contributed by atoms with E-state index < -0.39 is 17.7 Å². The van der Waals surface area contributed by atoms with E-state index in [0.717, 1.165) is 6.07 Å². The SMILES string of the molecule is CC(C)CN(Cc1ccc(F)cc1F)CC(O)COc1ccccc1. The van der Waals surface area contributed by atoms with Crippen LogP contribution >= 0.6 is 0 Å². The van der Waals surface area contributed by atoms with Crippen LogP contribution in [-0.4, -0.2) is 35.8 Å². The summed E-state index contributed by atoms with van der Waals surface area (Å²) >= 11 is 0. The van der Waals surface area contributed by atoms with Crippen molar-refractivity contribution in [1.29, 1.82) is 0 Å². The Balaban J connectivity index is 1.94. The Labute approximate surface area is 147 Å². The summed E-state index contributed by atoms with van der Waals surface area (Å²) in [5, 5.41) is 10.3. The molecule has 3 nitrogen and oxygen atoms in total. The van der Waals surface area contributed by atoms with Gasteiger partial charge in [0.2, 0.25) is 0 Å². The molecule has 2 aromatic rings. The van der Waals surface area contributed by atoms with Crippen LogP contribution in [0.25, 0.3) is 0 Å². The van der Waals surface area contributed by atoms with Gasteiger partial charge in [0.25, 0.3) is 0 Å². The van der Waals surface area contributed by atoms with Crippen LogP contribution in [0, 0.1) is 17.6 Å². The summed E-state index contributed by atoms with van der Waals surface area (Å²) < 4.78 is 32.5. The maximum atomic E-state index is 13.9. The summed E-state index contributed by atoms with van der Waals surface area (Å²) in [4.78, 5) is 1.96. The molecule has 0 aliphatic heterocycles. The molecule has 0 heterocycles. The summed E-state index contributed by atoms with van der Waals surface area (Å²) in [7, 11) is 0. The van der Waals surface area contributed by atoms with Crippen LogP contribution in [0.15, 0.2) is 48.5 Å². The molecule has 1 atom stereocenters. The van der Waals surface area contributed by atoms with Crippen molar-refractivity contribution in [2.45, 2.75) is 26.5 Å². The minimum absolute atomic E-state index is 0.157. The first-order valence-electron chi connectivity index (χ1n) is 8.46. The molecule has 0 aliphatic carbocycles. The number of rotatable bonds is 9. The quantitative estimate of drug-likeness (QED) is 0.746. The maximum Gasteiger partial charge on any atom is 0.130 e. The molecule has 136 valence electrons. The summed E-state index contributed by atoms with van der Waals surface area (Å²) in [6.45, 7) is 5.62. The van der Waals surface area contributed by atoms with Gasteiger partial charge in [0.05, 0.1) is 0 Å². The highest BCUT2D eigenvalue weighted by atomic mass is 19.1. The summed E-state index contributed by atoms with van der Waals surface area (Å²) in [5.74, 6) is -0.107. The molecule has 1 unspecified atom stereocenters. The fourth-order valence-corrected chi connectivity index (χ4v) is 2.67. The van der Waals surface area contributed by atoms with Crippen LogP contribution in [0.1, 0.15) is 19.4 Å². The Morgan fingerprint density at radius 3 is 2.40 bits per heavy atom. The first-order valence-corrected chi connectivity index (χ1v) is 8.46. The highest BCUT2D eigenvalue weighted by molar-refractivity contribution is 5.21. The van der Waals surface area contributed by atoms with Crippen LogP contribution in [0.4, 0.5) is 8.78 Å². The van der Waals surface area contributed by atoms with E-state index in [4.69, 9.17) is 4.74 Å². The lowest BCUT2D eigenvalue weighted by atomic mass is 10.1. The Morgan fingerprint density at radius 1 is 1.04 bits per heavy atom. The van der Waals surface area contributed by atoms with E-state index in [1.807, 2.05) is 35.2 Å². The summed E-state index contributed by atoms with van der Waals surface area (Å²) in [5.41, 5.74) is 0.415. The molecule has 0 radical (unpaired) electrons. The molecule has 0 aromatic heterocycles. The van der Waals surface area contributed by atoms with E-state index in [1.165, 1.54) is 12.1 Å². The van der Waals surface area contributed by atoms with E-state index >= 15 is 0 Å². The van der Waals surface area contributed by atoms with Gasteiger partial charge in [0.15, 0.2) is 0 Å². The van der Waals surface area contributed by atoms with Gasteiger partial charge in [-0.25, -0.2) is 8.78 Å². The fourth-order valence-electron chi connectivity index (χ4n) is 2.67. The number of ether oxygens (including phenoxy) is 1. The smallest absolute Gasteiger partial charge is 0.130 e. The number of aliphatic hydroxyl groups is 1. The van der Waals surface area contributed by atoms with Gasteiger partial charge in [0, 0.05) is 31.3 Å². The van der Waals surface area contributed by atoms with E-state index in [2.05, 4.69) is 13.8 Å². The number of hydrogen-bond donors (Lipinski definition) is 1. The minimum atomic E-state index is -0.706. The molecule has 2 aromatic carbocycles. The van der Waals surface area contributed by atoms with Crippen LogP contribution in [0.5, 0.6) is 5.75 Å². The predicted molar refractivity (Wildman–Crippen MR) is 94.4 cm³/mol. The van der Waals surface area contributed by atoms with Gasteiger partial charge in [-0.2, -0.15) is 0 Å². The predicted octanol–water partition coefficient (Wildman–Crippen LogP) is 3.86. The zero-order valence-corrected chi connectivity index (χ0v) is 14.7. The third kappa shape index (κ3) is 6.80. The Kier molecular flexibility index (Phi) is 7.34. The van der Waals surface area contributed by atoms with Gasteiger partial charge in [-0.15, -0.1) is 0 Å². The molecule has 2 rings (SSSR count). The van der Waals surface area contributed by atoms with Gasteiger partial charge in [-0.1, -0.05) is 38.1 Å². The summed E-state index contributed by atoms with van der Waals surface area (Å²) in [6.07, 6.45) is -0.706. The van der Waals surface area contributed by atoms with Crippen LogP contribution in [-0.2, 0) is 6.54 Å². The van der Waals surface area contributed by atoms with Crippen molar-refractivity contribution in [2.24, 2.45) is 5.92 Å². The van der Waals surface area contributed by atoms with E-state index in [0.29, 0.717) is 36.9 Å². The second kappa shape index (κ2) is 9.49. The van der Waals surface area contributed by atoms with Crippen molar-refractivity contribution in [1.82, 2.24) is 4.90 Å². The molecule has 0 aliphatic rings. The molecular weight excluding hydrogens is 324 g/mol. The summed E-state index contributed by atoms with van der Waals surface area (Å²) in [6, 6.07) is 12.9. The molecule has 0 bridgehead atoms. The van der Waals surface area contributed by atoms with E-state index in [9.17, 15) is 13.9 Å². The lowest BCUT2D eigenvalue weighted by Crippen LogP contribution is -2.37. The zero-order chi connectivity index (χ0) is 18.2. The first kappa shape index (κ1) is 19.3. The van der Waals surface area contributed by atoms with Crippen molar-refractivity contribution in [2.75, 3.05) is 19.7 Å². The molecule has 5 heteroatoms. The van der Waals surface area contributed by atoms with Gasteiger partial charge < -0.3 is 9.84 Å². The molecule has 25 heavy (non-hydrogen) atoms. The molecule has 0 saturated heterocycles. The largest absolute Gasteiger partial charge is 0.491 e. The Morgan fingerprint density at radius 2 is 1.76 bits per heavy atom. The average molecular weight is 349 g/mol. The Hall–Kier alpha value is -1.98. The number of para-hydroxylation sites is 1. The van der Waals surface area contributed by atoms with Crippen LogP contribution in [0.2, 0.25) is 0 Å².